The highest BCUT2D eigenvalue weighted by molar-refractivity contribution is 5.96. The molecule has 0 bridgehead atoms. The summed E-state index contributed by atoms with van der Waals surface area (Å²) in [6, 6.07) is 12.6. The first-order chi connectivity index (χ1) is 12.4. The van der Waals surface area contributed by atoms with Gasteiger partial charge in [-0.25, -0.2) is 0 Å². The van der Waals surface area contributed by atoms with Crippen molar-refractivity contribution in [3.63, 3.8) is 0 Å². The molecule has 0 aliphatic carbocycles. The first-order valence-corrected chi connectivity index (χ1v) is 8.41. The molecule has 0 aliphatic rings. The number of primary amides is 1. The van der Waals surface area contributed by atoms with E-state index < -0.39 is 5.91 Å². The Morgan fingerprint density at radius 2 is 1.85 bits per heavy atom. The molecule has 3 N–H and O–H groups in total. The van der Waals surface area contributed by atoms with E-state index in [0.29, 0.717) is 5.75 Å². The molecule has 138 valence electrons. The largest absolute Gasteiger partial charge is 0.497 e. The van der Waals surface area contributed by atoms with Crippen molar-refractivity contribution in [1.82, 2.24) is 5.32 Å². The lowest BCUT2D eigenvalue weighted by Gasteiger charge is -2.18. The van der Waals surface area contributed by atoms with E-state index in [4.69, 9.17) is 15.2 Å². The minimum Gasteiger partial charge on any atom is -0.497 e. The van der Waals surface area contributed by atoms with Crippen molar-refractivity contribution >= 4 is 11.8 Å². The summed E-state index contributed by atoms with van der Waals surface area (Å²) in [6.07, 6.45) is 0.750. The van der Waals surface area contributed by atoms with E-state index in [0.717, 1.165) is 17.5 Å². The van der Waals surface area contributed by atoms with Crippen molar-refractivity contribution in [2.45, 2.75) is 26.3 Å². The predicted molar refractivity (Wildman–Crippen MR) is 99.4 cm³/mol. The fourth-order valence-electron chi connectivity index (χ4n) is 2.55. The molecule has 0 aromatic heterocycles. The van der Waals surface area contributed by atoms with Gasteiger partial charge in [0, 0.05) is 6.07 Å². The van der Waals surface area contributed by atoms with Gasteiger partial charge in [-0.15, -0.1) is 0 Å². The summed E-state index contributed by atoms with van der Waals surface area (Å²) >= 11 is 0. The van der Waals surface area contributed by atoms with Crippen LogP contribution in [0, 0.1) is 6.92 Å². The Kier molecular flexibility index (Phi) is 6.60. The maximum Gasteiger partial charge on any atom is 0.258 e. The summed E-state index contributed by atoms with van der Waals surface area (Å²) in [7, 11) is 1.50. The van der Waals surface area contributed by atoms with E-state index in [1.54, 1.807) is 6.07 Å². The van der Waals surface area contributed by atoms with Crippen LogP contribution in [0.2, 0.25) is 0 Å². The van der Waals surface area contributed by atoms with Gasteiger partial charge < -0.3 is 20.5 Å². The zero-order valence-electron chi connectivity index (χ0n) is 15.2. The number of carbonyl (C=O) groups is 2. The SMILES string of the molecule is CCC(NC(=O)COc1cc(OC)ccc1C(N)=O)c1ccc(C)cc1. The fraction of sp³-hybridized carbons (Fsp3) is 0.300. The Bertz CT molecular complexity index is 772. The first kappa shape index (κ1) is 19.3. The lowest BCUT2D eigenvalue weighted by molar-refractivity contribution is -0.123. The maximum absolute atomic E-state index is 12.3. The van der Waals surface area contributed by atoms with Gasteiger partial charge in [-0.1, -0.05) is 36.8 Å². The van der Waals surface area contributed by atoms with Crippen molar-refractivity contribution < 1.29 is 19.1 Å². The van der Waals surface area contributed by atoms with Gasteiger partial charge in [-0.05, 0) is 31.0 Å². The number of hydrogen-bond acceptors (Lipinski definition) is 4. The molecule has 2 amide bonds. The third kappa shape index (κ3) is 4.99. The monoisotopic (exact) mass is 356 g/mol. The predicted octanol–water partition coefficient (Wildman–Crippen LogP) is 2.75. The van der Waals surface area contributed by atoms with Gasteiger partial charge in [-0.3, -0.25) is 9.59 Å². The smallest absolute Gasteiger partial charge is 0.258 e. The minimum atomic E-state index is -0.630. The van der Waals surface area contributed by atoms with Gasteiger partial charge in [-0.2, -0.15) is 0 Å². The number of aryl methyl sites for hydroxylation is 1. The molecule has 0 fully saturated rings. The molecule has 2 aromatic carbocycles. The van der Waals surface area contributed by atoms with Gasteiger partial charge in [0.2, 0.25) is 0 Å². The van der Waals surface area contributed by atoms with Crippen molar-refractivity contribution in [3.05, 3.63) is 59.2 Å². The number of ether oxygens (including phenoxy) is 2. The highest BCUT2D eigenvalue weighted by atomic mass is 16.5. The van der Waals surface area contributed by atoms with E-state index in [-0.39, 0.29) is 29.9 Å². The van der Waals surface area contributed by atoms with Crippen molar-refractivity contribution in [2.75, 3.05) is 13.7 Å². The Labute approximate surface area is 153 Å². The highest BCUT2D eigenvalue weighted by Gasteiger charge is 2.15. The molecule has 0 saturated heterocycles. The first-order valence-electron chi connectivity index (χ1n) is 8.41. The van der Waals surface area contributed by atoms with Crippen LogP contribution < -0.4 is 20.5 Å². The summed E-state index contributed by atoms with van der Waals surface area (Å²) < 4.78 is 10.6. The highest BCUT2D eigenvalue weighted by Crippen LogP contribution is 2.24. The lowest BCUT2D eigenvalue weighted by Crippen LogP contribution is -2.32. The summed E-state index contributed by atoms with van der Waals surface area (Å²) in [6.45, 7) is 3.79. The number of hydrogen-bond donors (Lipinski definition) is 2. The Morgan fingerprint density at radius 1 is 1.15 bits per heavy atom. The number of nitrogens with two attached hydrogens (primary N) is 1. The van der Waals surface area contributed by atoms with Gasteiger partial charge in [0.05, 0.1) is 18.7 Å². The molecule has 0 heterocycles. The fourth-order valence-corrected chi connectivity index (χ4v) is 2.55. The van der Waals surface area contributed by atoms with E-state index in [9.17, 15) is 9.59 Å². The molecule has 2 aromatic rings. The van der Waals surface area contributed by atoms with Crippen LogP contribution in [0.4, 0.5) is 0 Å². The summed E-state index contributed by atoms with van der Waals surface area (Å²) in [5.41, 5.74) is 7.74. The maximum atomic E-state index is 12.3. The molecular weight excluding hydrogens is 332 g/mol. The Hall–Kier alpha value is -3.02. The number of amides is 2. The second-order valence-electron chi connectivity index (χ2n) is 5.95. The standard InChI is InChI=1S/C20H24N2O4/c1-4-17(14-7-5-13(2)6-8-14)22-19(23)12-26-18-11-15(25-3)9-10-16(18)20(21)24/h5-11,17H,4,12H2,1-3H3,(H2,21,24)(H,22,23). The second kappa shape index (κ2) is 8.89. The van der Waals surface area contributed by atoms with Crippen LogP contribution in [-0.4, -0.2) is 25.5 Å². The van der Waals surface area contributed by atoms with Crippen LogP contribution in [0.1, 0.15) is 40.9 Å². The molecule has 6 heteroatoms. The lowest BCUT2D eigenvalue weighted by atomic mass is 10.0. The van der Waals surface area contributed by atoms with Crippen molar-refractivity contribution in [1.29, 1.82) is 0 Å². The quantitative estimate of drug-likeness (QED) is 0.761. The van der Waals surface area contributed by atoms with Gasteiger partial charge >= 0.3 is 0 Å². The molecule has 1 unspecified atom stereocenters. The topological polar surface area (TPSA) is 90.7 Å². The van der Waals surface area contributed by atoms with Crippen molar-refractivity contribution in [2.24, 2.45) is 5.73 Å². The van der Waals surface area contributed by atoms with Crippen LogP contribution >= 0.6 is 0 Å². The summed E-state index contributed by atoms with van der Waals surface area (Å²) in [5, 5.41) is 2.94. The Balaban J connectivity index is 2.03. The van der Waals surface area contributed by atoms with Crippen LogP contribution in [0.3, 0.4) is 0 Å². The zero-order valence-corrected chi connectivity index (χ0v) is 15.2. The number of nitrogens with one attached hydrogen (secondary N) is 1. The van der Waals surface area contributed by atoms with Crippen LogP contribution in [0.15, 0.2) is 42.5 Å². The van der Waals surface area contributed by atoms with E-state index in [1.807, 2.05) is 38.1 Å². The molecule has 0 saturated carbocycles. The second-order valence-corrected chi connectivity index (χ2v) is 5.95. The average molecular weight is 356 g/mol. The molecule has 6 nitrogen and oxygen atoms in total. The number of rotatable bonds is 8. The van der Waals surface area contributed by atoms with Crippen molar-refractivity contribution in [3.8, 4) is 11.5 Å². The van der Waals surface area contributed by atoms with E-state index >= 15 is 0 Å². The van der Waals surface area contributed by atoms with E-state index in [1.165, 1.54) is 19.2 Å². The van der Waals surface area contributed by atoms with Gasteiger partial charge in [0.25, 0.3) is 11.8 Å². The van der Waals surface area contributed by atoms with Crippen LogP contribution in [0.5, 0.6) is 11.5 Å². The normalized spacial score (nSPS) is 11.5. The summed E-state index contributed by atoms with van der Waals surface area (Å²) in [5.74, 6) is -0.184. The van der Waals surface area contributed by atoms with Gasteiger partial charge in [0.1, 0.15) is 11.5 Å². The number of methoxy groups -OCH3 is 1. The molecule has 0 aliphatic heterocycles. The third-order valence-corrected chi connectivity index (χ3v) is 4.04. The molecule has 0 spiro atoms. The average Bonchev–Trinajstić information content (AvgIpc) is 2.64. The van der Waals surface area contributed by atoms with Crippen LogP contribution in [-0.2, 0) is 4.79 Å². The van der Waals surface area contributed by atoms with Crippen LogP contribution in [0.25, 0.3) is 0 Å². The number of benzene rings is 2. The molecule has 0 radical (unpaired) electrons. The molecule has 2 rings (SSSR count). The Morgan fingerprint density at radius 3 is 2.42 bits per heavy atom. The summed E-state index contributed by atoms with van der Waals surface area (Å²) in [4.78, 5) is 23.8. The zero-order chi connectivity index (χ0) is 19.1. The third-order valence-electron chi connectivity index (χ3n) is 4.04. The van der Waals surface area contributed by atoms with E-state index in [2.05, 4.69) is 5.32 Å². The molecule has 1 atom stereocenters. The van der Waals surface area contributed by atoms with Gasteiger partial charge in [0.15, 0.2) is 6.61 Å². The minimum absolute atomic E-state index is 0.104. The number of carbonyl (C=O) groups excluding carboxylic acids is 2. The molecular formula is C20H24N2O4. The molecule has 26 heavy (non-hydrogen) atoms.